The van der Waals surface area contributed by atoms with Crippen molar-refractivity contribution in [1.82, 2.24) is 10.6 Å². The molecule has 1 aliphatic rings. The van der Waals surface area contributed by atoms with Gasteiger partial charge in [-0.25, -0.2) is 9.59 Å². The number of halogens is 1. The number of rotatable bonds is 7. The Hall–Kier alpha value is -3.19. The molecule has 1 unspecified atom stereocenters. The Balaban J connectivity index is 2.20. The van der Waals surface area contributed by atoms with Gasteiger partial charge in [0.25, 0.3) is 0 Å². The summed E-state index contributed by atoms with van der Waals surface area (Å²) in [6, 6.07) is 11.2. The SMILES string of the molecule is CCOc1cc(C2NC(=O)NC(c3ccccc3)=C2C(=O)OC)cc(Cl)c1OCC. The zero-order valence-corrected chi connectivity index (χ0v) is 17.7. The molecule has 2 amide bonds. The first-order valence-electron chi connectivity index (χ1n) is 9.54. The lowest BCUT2D eigenvalue weighted by Crippen LogP contribution is -2.45. The van der Waals surface area contributed by atoms with E-state index in [1.807, 2.05) is 32.0 Å². The van der Waals surface area contributed by atoms with Crippen LogP contribution in [-0.2, 0) is 9.53 Å². The molecule has 30 heavy (non-hydrogen) atoms. The molecule has 0 bridgehead atoms. The quantitative estimate of drug-likeness (QED) is 0.646. The number of ether oxygens (including phenoxy) is 3. The monoisotopic (exact) mass is 430 g/mol. The summed E-state index contributed by atoms with van der Waals surface area (Å²) in [5.74, 6) is 0.270. The van der Waals surface area contributed by atoms with Gasteiger partial charge < -0.3 is 24.8 Å². The van der Waals surface area contributed by atoms with E-state index in [-0.39, 0.29) is 5.57 Å². The maximum Gasteiger partial charge on any atom is 0.338 e. The normalized spacial score (nSPS) is 15.9. The van der Waals surface area contributed by atoms with Crippen LogP contribution in [0.15, 0.2) is 48.0 Å². The largest absolute Gasteiger partial charge is 0.490 e. The molecule has 0 saturated carbocycles. The van der Waals surface area contributed by atoms with E-state index in [9.17, 15) is 9.59 Å². The van der Waals surface area contributed by atoms with E-state index in [4.69, 9.17) is 25.8 Å². The van der Waals surface area contributed by atoms with Crippen LogP contribution in [0.25, 0.3) is 5.70 Å². The van der Waals surface area contributed by atoms with Crippen molar-refractivity contribution >= 4 is 29.3 Å². The predicted octanol–water partition coefficient (Wildman–Crippen LogP) is 4.08. The fourth-order valence-electron chi connectivity index (χ4n) is 3.28. The first-order valence-corrected chi connectivity index (χ1v) is 9.92. The fourth-order valence-corrected chi connectivity index (χ4v) is 3.55. The third-order valence-corrected chi connectivity index (χ3v) is 4.77. The van der Waals surface area contributed by atoms with Crippen molar-refractivity contribution in [1.29, 1.82) is 0 Å². The lowest BCUT2D eigenvalue weighted by atomic mass is 9.92. The molecule has 1 atom stereocenters. The molecular formula is C22H23ClN2O5. The van der Waals surface area contributed by atoms with Gasteiger partial charge in [-0.2, -0.15) is 0 Å². The van der Waals surface area contributed by atoms with Crippen LogP contribution in [0.4, 0.5) is 4.79 Å². The molecule has 0 aromatic heterocycles. The standard InChI is InChI=1S/C22H23ClN2O5/c1-4-29-16-12-14(11-15(23)20(16)30-5-2)19-17(21(26)28-3)18(24-22(27)25-19)13-9-7-6-8-10-13/h6-12,19H,4-5H2,1-3H3,(H2,24,25,27). The van der Waals surface area contributed by atoms with E-state index in [0.717, 1.165) is 0 Å². The van der Waals surface area contributed by atoms with E-state index in [1.54, 1.807) is 24.3 Å². The van der Waals surface area contributed by atoms with Gasteiger partial charge in [-0.15, -0.1) is 0 Å². The Morgan fingerprint density at radius 3 is 2.43 bits per heavy atom. The average molecular weight is 431 g/mol. The number of amides is 2. The highest BCUT2D eigenvalue weighted by atomic mass is 35.5. The van der Waals surface area contributed by atoms with Crippen molar-refractivity contribution in [3.05, 3.63) is 64.2 Å². The molecule has 1 aliphatic heterocycles. The average Bonchev–Trinajstić information content (AvgIpc) is 2.75. The van der Waals surface area contributed by atoms with Gasteiger partial charge in [-0.3, -0.25) is 0 Å². The van der Waals surface area contributed by atoms with E-state index < -0.39 is 18.0 Å². The van der Waals surface area contributed by atoms with Gasteiger partial charge in [0.15, 0.2) is 11.5 Å². The number of carbonyl (C=O) groups excluding carboxylic acids is 2. The van der Waals surface area contributed by atoms with Crippen molar-refractivity contribution in [2.75, 3.05) is 20.3 Å². The second-order valence-corrected chi connectivity index (χ2v) is 6.78. The molecule has 7 nitrogen and oxygen atoms in total. The highest BCUT2D eigenvalue weighted by Crippen LogP contribution is 2.41. The Morgan fingerprint density at radius 1 is 1.10 bits per heavy atom. The number of esters is 1. The summed E-state index contributed by atoms with van der Waals surface area (Å²) < 4.78 is 16.3. The minimum absolute atomic E-state index is 0.256. The zero-order chi connectivity index (χ0) is 21.7. The second kappa shape index (κ2) is 9.54. The molecule has 0 spiro atoms. The third-order valence-electron chi connectivity index (χ3n) is 4.49. The molecule has 2 N–H and O–H groups in total. The van der Waals surface area contributed by atoms with Crippen LogP contribution in [-0.4, -0.2) is 32.3 Å². The van der Waals surface area contributed by atoms with Crippen molar-refractivity contribution < 1.29 is 23.8 Å². The van der Waals surface area contributed by atoms with Crippen LogP contribution < -0.4 is 20.1 Å². The van der Waals surface area contributed by atoms with E-state index in [2.05, 4.69) is 10.6 Å². The molecule has 0 radical (unpaired) electrons. The van der Waals surface area contributed by atoms with Crippen molar-refractivity contribution in [2.24, 2.45) is 0 Å². The van der Waals surface area contributed by atoms with Gasteiger partial charge in [0, 0.05) is 0 Å². The lowest BCUT2D eigenvalue weighted by Gasteiger charge is -2.30. The highest BCUT2D eigenvalue weighted by Gasteiger charge is 2.35. The van der Waals surface area contributed by atoms with Gasteiger partial charge in [0.2, 0.25) is 0 Å². The van der Waals surface area contributed by atoms with E-state index in [1.165, 1.54) is 7.11 Å². The van der Waals surface area contributed by atoms with Crippen LogP contribution in [0.5, 0.6) is 11.5 Å². The Morgan fingerprint density at radius 2 is 1.80 bits per heavy atom. The first-order chi connectivity index (χ1) is 14.5. The smallest absolute Gasteiger partial charge is 0.338 e. The van der Waals surface area contributed by atoms with E-state index in [0.29, 0.717) is 46.6 Å². The summed E-state index contributed by atoms with van der Waals surface area (Å²) in [5, 5.41) is 5.82. The second-order valence-electron chi connectivity index (χ2n) is 6.37. The minimum atomic E-state index is -0.797. The molecule has 2 aromatic rings. The van der Waals surface area contributed by atoms with Gasteiger partial charge in [0.05, 0.1) is 42.7 Å². The van der Waals surface area contributed by atoms with Gasteiger partial charge in [-0.05, 0) is 37.1 Å². The van der Waals surface area contributed by atoms with Crippen molar-refractivity contribution in [3.63, 3.8) is 0 Å². The van der Waals surface area contributed by atoms with Crippen LogP contribution in [0.1, 0.15) is 31.0 Å². The third kappa shape index (κ3) is 4.36. The maximum atomic E-state index is 12.7. The van der Waals surface area contributed by atoms with Crippen LogP contribution >= 0.6 is 11.6 Å². The number of carbonyl (C=O) groups is 2. The fraction of sp³-hybridized carbons (Fsp3) is 0.273. The van der Waals surface area contributed by atoms with Crippen LogP contribution in [0.2, 0.25) is 5.02 Å². The summed E-state index contributed by atoms with van der Waals surface area (Å²) >= 11 is 6.45. The molecule has 0 aliphatic carbocycles. The maximum absolute atomic E-state index is 12.7. The topological polar surface area (TPSA) is 85.9 Å². The first kappa shape index (κ1) is 21.5. The summed E-state index contributed by atoms with van der Waals surface area (Å²) in [7, 11) is 1.29. The van der Waals surface area contributed by atoms with Gasteiger partial charge in [-0.1, -0.05) is 41.9 Å². The molecular weight excluding hydrogens is 408 g/mol. The van der Waals surface area contributed by atoms with Crippen molar-refractivity contribution in [3.8, 4) is 11.5 Å². The predicted molar refractivity (Wildman–Crippen MR) is 114 cm³/mol. The van der Waals surface area contributed by atoms with Crippen molar-refractivity contribution in [2.45, 2.75) is 19.9 Å². The molecule has 0 fully saturated rings. The summed E-state index contributed by atoms with van der Waals surface area (Å²) in [6.45, 7) is 4.50. The summed E-state index contributed by atoms with van der Waals surface area (Å²) in [4.78, 5) is 25.2. The summed E-state index contributed by atoms with van der Waals surface area (Å²) in [6.07, 6.45) is 0. The molecule has 8 heteroatoms. The highest BCUT2D eigenvalue weighted by molar-refractivity contribution is 6.32. The number of hydrogen-bond donors (Lipinski definition) is 2. The van der Waals surface area contributed by atoms with Gasteiger partial charge >= 0.3 is 12.0 Å². The Kier molecular flexibility index (Phi) is 6.84. The zero-order valence-electron chi connectivity index (χ0n) is 17.0. The summed E-state index contributed by atoms with van der Waals surface area (Å²) in [5.41, 5.74) is 1.88. The number of methoxy groups -OCH3 is 1. The molecule has 3 rings (SSSR count). The van der Waals surface area contributed by atoms with Crippen LogP contribution in [0, 0.1) is 0 Å². The number of urea groups is 1. The number of nitrogens with one attached hydrogen (secondary N) is 2. The Labute approximate surface area is 180 Å². The van der Waals surface area contributed by atoms with Gasteiger partial charge in [0.1, 0.15) is 0 Å². The van der Waals surface area contributed by atoms with E-state index >= 15 is 0 Å². The molecule has 2 aromatic carbocycles. The minimum Gasteiger partial charge on any atom is -0.490 e. The number of hydrogen-bond acceptors (Lipinski definition) is 5. The lowest BCUT2D eigenvalue weighted by molar-refractivity contribution is -0.136. The number of benzene rings is 2. The Bertz CT molecular complexity index is 975. The molecule has 1 heterocycles. The molecule has 158 valence electrons. The van der Waals surface area contributed by atoms with Crippen LogP contribution in [0.3, 0.4) is 0 Å². The molecule has 0 saturated heterocycles.